The zero-order valence-corrected chi connectivity index (χ0v) is 23.5. The van der Waals surface area contributed by atoms with Crippen molar-refractivity contribution < 1.29 is 9.90 Å². The minimum Gasteiger partial charge on any atom is -0.507 e. The molecular formula is C28H56O2. The summed E-state index contributed by atoms with van der Waals surface area (Å²) in [7, 11) is 0. The summed E-state index contributed by atoms with van der Waals surface area (Å²) < 4.78 is 0. The Morgan fingerprint density at radius 3 is 1.30 bits per heavy atom. The fourth-order valence-corrected chi connectivity index (χ4v) is 2.54. The Kier molecular flexibility index (Phi) is 22.2. The molecule has 1 N–H and O–H groups in total. The first-order chi connectivity index (χ1) is 13.8. The number of ketones is 1. The third-order valence-electron chi connectivity index (χ3n) is 4.09. The molecule has 30 heavy (non-hydrogen) atoms. The van der Waals surface area contributed by atoms with Crippen molar-refractivity contribution in [1.82, 2.24) is 0 Å². The van der Waals surface area contributed by atoms with Crippen LogP contribution in [0, 0.1) is 5.92 Å². The van der Waals surface area contributed by atoms with Crippen molar-refractivity contribution in [2.45, 2.75) is 134 Å². The van der Waals surface area contributed by atoms with Gasteiger partial charge in [-0.15, -0.1) is 0 Å². The monoisotopic (exact) mass is 424 g/mol. The predicted octanol–water partition coefficient (Wildman–Crippen LogP) is 9.25. The molecule has 0 aliphatic carbocycles. The maximum absolute atomic E-state index is 11.9. The number of phenolic OH excluding ortho intramolecular Hbond substituents is 1. The van der Waals surface area contributed by atoms with Crippen LogP contribution >= 0.6 is 0 Å². The molecule has 0 bridgehead atoms. The lowest BCUT2D eigenvalue weighted by atomic mass is 9.78. The fourth-order valence-electron chi connectivity index (χ4n) is 2.54. The number of aromatic hydroxyl groups is 1. The normalized spacial score (nSPS) is 10.2. The van der Waals surface area contributed by atoms with Crippen LogP contribution in [-0.2, 0) is 22.0 Å². The Balaban J connectivity index is -0.000000376. The largest absolute Gasteiger partial charge is 0.507 e. The molecule has 0 heterocycles. The Bertz CT molecular complexity index is 506. The summed E-state index contributed by atoms with van der Waals surface area (Å²) >= 11 is 0. The number of hydrogen-bond acceptors (Lipinski definition) is 2. The Hall–Kier alpha value is -1.31. The van der Waals surface area contributed by atoms with Gasteiger partial charge in [-0.2, -0.15) is 0 Å². The lowest BCUT2D eigenvalue weighted by Gasteiger charge is -2.28. The number of carbonyl (C=O) groups excluding carboxylic acids is 1. The Morgan fingerprint density at radius 1 is 0.767 bits per heavy atom. The van der Waals surface area contributed by atoms with Crippen molar-refractivity contribution in [1.29, 1.82) is 0 Å². The number of benzene rings is 1. The Labute approximate surface area is 190 Å². The van der Waals surface area contributed by atoms with E-state index in [1.54, 1.807) is 0 Å². The number of Topliss-reactive ketones (excluding diaryl/α,β-unsaturated/α-hetero) is 1. The number of hydrogen-bond donors (Lipinski definition) is 1. The molecule has 0 amide bonds. The van der Waals surface area contributed by atoms with Gasteiger partial charge in [0.05, 0.1) is 0 Å². The van der Waals surface area contributed by atoms with Crippen LogP contribution in [0.1, 0.15) is 134 Å². The molecule has 180 valence electrons. The number of aryl methyl sites for hydroxylation is 1. The summed E-state index contributed by atoms with van der Waals surface area (Å²) in [5.74, 6) is 0.780. The van der Waals surface area contributed by atoms with Gasteiger partial charge in [0.2, 0.25) is 0 Å². The van der Waals surface area contributed by atoms with Crippen molar-refractivity contribution in [2.24, 2.45) is 5.92 Å². The summed E-state index contributed by atoms with van der Waals surface area (Å²) in [5, 5.41) is 10.7. The molecule has 1 rings (SSSR count). The van der Waals surface area contributed by atoms with Crippen LogP contribution in [0.15, 0.2) is 12.1 Å². The quantitative estimate of drug-likeness (QED) is 0.523. The zero-order valence-electron chi connectivity index (χ0n) is 23.5. The topological polar surface area (TPSA) is 37.3 Å². The second-order valence-electron chi connectivity index (χ2n) is 8.66. The highest BCUT2D eigenvalue weighted by atomic mass is 16.3. The predicted molar refractivity (Wildman–Crippen MR) is 139 cm³/mol. The van der Waals surface area contributed by atoms with E-state index in [4.69, 9.17) is 0 Å². The van der Waals surface area contributed by atoms with Crippen molar-refractivity contribution in [2.75, 3.05) is 0 Å². The van der Waals surface area contributed by atoms with E-state index in [9.17, 15) is 9.90 Å². The standard InChI is InChI=1S/C20H32O2.4C2H6/c1-13(2)17(21)10-9-14-11-15(19(3,4)5)18(22)16(12-14)20(6,7)8;4*1-2/h11-13,22H,9-10H2,1-8H3;4*1-2H3. The number of phenols is 1. The van der Waals surface area contributed by atoms with Gasteiger partial charge < -0.3 is 5.11 Å². The van der Waals surface area contributed by atoms with Gasteiger partial charge in [-0.1, -0.05) is 123 Å². The van der Waals surface area contributed by atoms with Gasteiger partial charge in [-0.3, -0.25) is 4.79 Å². The molecule has 0 atom stereocenters. The van der Waals surface area contributed by atoms with Crippen molar-refractivity contribution in [3.05, 3.63) is 28.8 Å². The van der Waals surface area contributed by atoms with Crippen LogP contribution in [0.3, 0.4) is 0 Å². The van der Waals surface area contributed by atoms with Crippen LogP contribution in [0.5, 0.6) is 5.75 Å². The summed E-state index contributed by atoms with van der Waals surface area (Å²) in [6, 6.07) is 4.14. The van der Waals surface area contributed by atoms with E-state index in [2.05, 4.69) is 53.7 Å². The van der Waals surface area contributed by atoms with Crippen molar-refractivity contribution in [3.8, 4) is 5.75 Å². The van der Waals surface area contributed by atoms with Crippen LogP contribution in [0.25, 0.3) is 0 Å². The summed E-state index contributed by atoms with van der Waals surface area (Å²) in [6.07, 6.45) is 1.30. The first-order valence-corrected chi connectivity index (χ1v) is 12.2. The van der Waals surface area contributed by atoms with Gasteiger partial charge in [0, 0.05) is 12.3 Å². The summed E-state index contributed by atoms with van der Waals surface area (Å²) in [5.41, 5.74) is 2.82. The minimum atomic E-state index is -0.123. The highest BCUT2D eigenvalue weighted by Gasteiger charge is 2.26. The van der Waals surface area contributed by atoms with E-state index >= 15 is 0 Å². The molecule has 0 aliphatic heterocycles. The SMILES string of the molecule is CC.CC.CC.CC.CC(C)C(=O)CCc1cc(C(C)(C)C)c(O)c(C(C)(C)C)c1. The lowest BCUT2D eigenvalue weighted by Crippen LogP contribution is -2.18. The van der Waals surface area contributed by atoms with Gasteiger partial charge in [0.25, 0.3) is 0 Å². The van der Waals surface area contributed by atoms with Gasteiger partial charge in [-0.25, -0.2) is 0 Å². The smallest absolute Gasteiger partial charge is 0.135 e. The minimum absolute atomic E-state index is 0.0845. The Morgan fingerprint density at radius 2 is 1.07 bits per heavy atom. The molecule has 0 unspecified atom stereocenters. The van der Waals surface area contributed by atoms with Crippen LogP contribution in [0.2, 0.25) is 0 Å². The first kappa shape index (κ1) is 36.1. The second kappa shape index (κ2) is 18.5. The van der Waals surface area contributed by atoms with E-state index in [-0.39, 0.29) is 16.7 Å². The van der Waals surface area contributed by atoms with Gasteiger partial charge in [0.15, 0.2) is 0 Å². The fraction of sp³-hybridized carbons (Fsp3) is 0.750. The molecule has 0 saturated carbocycles. The van der Waals surface area contributed by atoms with Gasteiger partial charge >= 0.3 is 0 Å². The molecule has 2 heteroatoms. The highest BCUT2D eigenvalue weighted by molar-refractivity contribution is 5.80. The van der Waals surface area contributed by atoms with Crippen molar-refractivity contribution >= 4 is 5.78 Å². The summed E-state index contributed by atoms with van der Waals surface area (Å²) in [4.78, 5) is 11.9. The lowest BCUT2D eigenvalue weighted by molar-refractivity contribution is -0.121. The maximum Gasteiger partial charge on any atom is 0.135 e. The van der Waals surface area contributed by atoms with E-state index in [1.165, 1.54) is 0 Å². The third-order valence-corrected chi connectivity index (χ3v) is 4.09. The maximum atomic E-state index is 11.9. The van der Waals surface area contributed by atoms with E-state index in [1.807, 2.05) is 69.2 Å². The molecule has 2 nitrogen and oxygen atoms in total. The molecule has 1 aromatic rings. The molecular weight excluding hydrogens is 368 g/mol. The molecule has 0 saturated heterocycles. The zero-order chi connectivity index (χ0) is 25.3. The third kappa shape index (κ3) is 13.8. The van der Waals surface area contributed by atoms with E-state index < -0.39 is 0 Å². The molecule has 1 aromatic carbocycles. The molecule has 0 fully saturated rings. The second-order valence-corrected chi connectivity index (χ2v) is 8.66. The van der Waals surface area contributed by atoms with Gasteiger partial charge in [0.1, 0.15) is 11.5 Å². The van der Waals surface area contributed by atoms with Crippen LogP contribution in [0.4, 0.5) is 0 Å². The van der Waals surface area contributed by atoms with Gasteiger partial charge in [-0.05, 0) is 33.9 Å². The average molecular weight is 425 g/mol. The summed E-state index contributed by atoms with van der Waals surface area (Å²) in [6.45, 7) is 32.5. The highest BCUT2D eigenvalue weighted by Crippen LogP contribution is 2.40. The molecule has 0 spiro atoms. The first-order valence-electron chi connectivity index (χ1n) is 12.2. The van der Waals surface area contributed by atoms with E-state index in [0.29, 0.717) is 18.0 Å². The molecule has 0 radical (unpaired) electrons. The van der Waals surface area contributed by atoms with Crippen molar-refractivity contribution in [3.63, 3.8) is 0 Å². The average Bonchev–Trinajstić information content (AvgIpc) is 2.71. The van der Waals surface area contributed by atoms with Crippen LogP contribution in [-0.4, -0.2) is 10.9 Å². The van der Waals surface area contributed by atoms with Crippen LogP contribution < -0.4 is 0 Å². The number of rotatable bonds is 4. The van der Waals surface area contributed by atoms with E-state index in [0.717, 1.165) is 23.1 Å². The number of carbonyl (C=O) groups is 1. The molecule has 0 aromatic heterocycles. The molecule has 0 aliphatic rings.